The second-order valence-corrected chi connectivity index (χ2v) is 7.08. The van der Waals surface area contributed by atoms with Gasteiger partial charge in [-0.2, -0.15) is 0 Å². The van der Waals surface area contributed by atoms with Crippen molar-refractivity contribution in [2.24, 2.45) is 0 Å². The first-order chi connectivity index (χ1) is 8.94. The lowest BCUT2D eigenvalue weighted by Crippen LogP contribution is -2.34. The Kier molecular flexibility index (Phi) is 4.52. The number of benzene rings is 1. The smallest absolute Gasteiger partial charge is 0.281 e. The molecule has 112 valence electrons. The van der Waals surface area contributed by atoms with Crippen LogP contribution in [0.25, 0.3) is 0 Å². The molecule has 0 fully saturated rings. The monoisotopic (exact) mass is 302 g/mol. The molecule has 0 saturated heterocycles. The average molecular weight is 302 g/mol. The van der Waals surface area contributed by atoms with Gasteiger partial charge in [-0.25, -0.2) is 8.42 Å². The van der Waals surface area contributed by atoms with Crippen LogP contribution in [0.3, 0.4) is 0 Å². The molecule has 8 heteroatoms. The maximum Gasteiger partial charge on any atom is 0.289 e. The fourth-order valence-corrected chi connectivity index (χ4v) is 2.55. The number of aryl methyl sites for hydroxylation is 2. The fourth-order valence-electron chi connectivity index (χ4n) is 1.36. The van der Waals surface area contributed by atoms with E-state index in [1.807, 2.05) is 4.89 Å². The molecule has 0 spiro atoms. The topological polar surface area (TPSA) is 98.5 Å². The Bertz CT molecular complexity index is 632. The largest absolute Gasteiger partial charge is 0.289 e. The predicted octanol–water partition coefficient (Wildman–Crippen LogP) is 2.22. The van der Waals surface area contributed by atoms with E-state index >= 15 is 0 Å². The zero-order valence-corrected chi connectivity index (χ0v) is 12.9. The Morgan fingerprint density at radius 2 is 1.70 bits per heavy atom. The fraction of sp³-hybridized carbons (Fsp3) is 0.500. The Morgan fingerprint density at radius 1 is 1.20 bits per heavy atom. The van der Waals surface area contributed by atoms with Gasteiger partial charge in [0.05, 0.1) is 10.5 Å². The Hall–Kier alpha value is -1.51. The van der Waals surface area contributed by atoms with Gasteiger partial charge in [0.1, 0.15) is 0 Å². The minimum Gasteiger partial charge on any atom is -0.281 e. The minimum absolute atomic E-state index is 0.408. The van der Waals surface area contributed by atoms with E-state index in [1.54, 1.807) is 34.6 Å². The quantitative estimate of drug-likeness (QED) is 0.679. The molecule has 0 aliphatic carbocycles. The number of nitro benzene ring substituents is 1. The zero-order valence-electron chi connectivity index (χ0n) is 12.1. The van der Waals surface area contributed by atoms with Crippen molar-refractivity contribution in [1.29, 1.82) is 0 Å². The molecule has 0 saturated carbocycles. The van der Waals surface area contributed by atoms with E-state index in [9.17, 15) is 18.5 Å². The number of nitrogens with zero attached hydrogens (tertiary/aromatic N) is 1. The molecule has 1 rings (SSSR count). The summed E-state index contributed by atoms with van der Waals surface area (Å²) < 4.78 is 24.3. The van der Waals surface area contributed by atoms with E-state index in [0.717, 1.165) is 0 Å². The summed E-state index contributed by atoms with van der Waals surface area (Å²) in [5.74, 6) is 0. The summed E-state index contributed by atoms with van der Waals surface area (Å²) in [6.07, 6.45) is 0. The van der Waals surface area contributed by atoms with Gasteiger partial charge in [0, 0.05) is 6.07 Å². The second kappa shape index (κ2) is 5.47. The Balaban J connectivity index is 3.30. The number of nitro groups is 1. The van der Waals surface area contributed by atoms with E-state index in [1.165, 1.54) is 12.1 Å². The molecule has 0 aliphatic heterocycles. The summed E-state index contributed by atoms with van der Waals surface area (Å²) in [7, 11) is -4.12. The third-order valence-corrected chi connectivity index (χ3v) is 3.73. The van der Waals surface area contributed by atoms with Gasteiger partial charge in [-0.3, -0.25) is 15.0 Å². The van der Waals surface area contributed by atoms with Crippen molar-refractivity contribution in [3.63, 3.8) is 0 Å². The van der Waals surface area contributed by atoms with E-state index in [0.29, 0.717) is 11.1 Å². The molecule has 0 unspecified atom stereocenters. The highest BCUT2D eigenvalue weighted by Crippen LogP contribution is 2.27. The second-order valence-electron chi connectivity index (χ2n) is 5.46. The summed E-state index contributed by atoms with van der Waals surface area (Å²) in [6.45, 7) is 8.33. The number of rotatable bonds is 4. The molecule has 0 aromatic heterocycles. The maximum atomic E-state index is 12.1. The molecule has 0 atom stereocenters. The molecule has 0 aliphatic rings. The lowest BCUT2D eigenvalue weighted by Gasteiger charge is -2.19. The van der Waals surface area contributed by atoms with Gasteiger partial charge in [0.15, 0.2) is 4.90 Å². The molecule has 20 heavy (non-hydrogen) atoms. The van der Waals surface area contributed by atoms with Crippen LogP contribution in [0.1, 0.15) is 31.9 Å². The standard InChI is InChI=1S/C12H18N2O5S/c1-8-6-10(14(15)16)11(7-9(8)2)20(17,18)13-19-12(3,4)5/h6-7,13H,1-5H3. The minimum atomic E-state index is -4.12. The van der Waals surface area contributed by atoms with Crippen molar-refractivity contribution in [1.82, 2.24) is 4.89 Å². The van der Waals surface area contributed by atoms with Gasteiger partial charge in [0.2, 0.25) is 0 Å². The van der Waals surface area contributed by atoms with Gasteiger partial charge in [-0.1, -0.05) is 4.89 Å². The van der Waals surface area contributed by atoms with Crippen LogP contribution >= 0.6 is 0 Å². The van der Waals surface area contributed by atoms with Crippen molar-refractivity contribution in [3.05, 3.63) is 33.4 Å². The molecular formula is C12H18N2O5S. The summed E-state index contributed by atoms with van der Waals surface area (Å²) in [4.78, 5) is 16.8. The van der Waals surface area contributed by atoms with Crippen LogP contribution in [-0.2, 0) is 14.9 Å². The summed E-state index contributed by atoms with van der Waals surface area (Å²) in [6, 6.07) is 2.50. The maximum absolute atomic E-state index is 12.1. The van der Waals surface area contributed by atoms with Crippen LogP contribution in [0.4, 0.5) is 5.69 Å². The highest BCUT2D eigenvalue weighted by molar-refractivity contribution is 7.89. The third-order valence-electron chi connectivity index (χ3n) is 2.52. The van der Waals surface area contributed by atoms with Gasteiger partial charge in [-0.15, -0.1) is 0 Å². The molecule has 1 N–H and O–H groups in total. The SMILES string of the molecule is Cc1cc([N+](=O)[O-])c(S(=O)(=O)NOC(C)(C)C)cc1C. The molecule has 7 nitrogen and oxygen atoms in total. The molecule has 0 bridgehead atoms. The van der Waals surface area contributed by atoms with Crippen molar-refractivity contribution in [2.45, 2.75) is 45.1 Å². The van der Waals surface area contributed by atoms with Crippen LogP contribution < -0.4 is 4.89 Å². The van der Waals surface area contributed by atoms with Gasteiger partial charge >= 0.3 is 0 Å². The van der Waals surface area contributed by atoms with Crippen LogP contribution in [0, 0.1) is 24.0 Å². The molecule has 0 radical (unpaired) electrons. The summed E-state index contributed by atoms with van der Waals surface area (Å²) in [5.41, 5.74) is 0.0685. The van der Waals surface area contributed by atoms with E-state index < -0.39 is 31.1 Å². The van der Waals surface area contributed by atoms with Crippen LogP contribution in [0.2, 0.25) is 0 Å². The van der Waals surface area contributed by atoms with Crippen molar-refractivity contribution in [3.8, 4) is 0 Å². The Labute approximate surface area is 118 Å². The third kappa shape index (κ3) is 3.99. The molecule has 1 aromatic carbocycles. The first kappa shape index (κ1) is 16.5. The highest BCUT2D eigenvalue weighted by Gasteiger charge is 2.28. The van der Waals surface area contributed by atoms with Crippen molar-refractivity contribution < 1.29 is 18.2 Å². The van der Waals surface area contributed by atoms with Crippen molar-refractivity contribution >= 4 is 15.7 Å². The summed E-state index contributed by atoms with van der Waals surface area (Å²) in [5, 5.41) is 11.0. The number of hydrogen-bond donors (Lipinski definition) is 1. The normalized spacial score (nSPS) is 12.4. The number of nitrogens with one attached hydrogen (secondary N) is 1. The van der Waals surface area contributed by atoms with Gasteiger partial charge in [0.25, 0.3) is 15.7 Å². The number of hydrogen-bond acceptors (Lipinski definition) is 5. The average Bonchev–Trinajstić information content (AvgIpc) is 2.28. The highest BCUT2D eigenvalue weighted by atomic mass is 32.2. The van der Waals surface area contributed by atoms with Crippen LogP contribution in [-0.4, -0.2) is 18.9 Å². The molecule has 0 amide bonds. The van der Waals surface area contributed by atoms with E-state index in [-0.39, 0.29) is 0 Å². The lowest BCUT2D eigenvalue weighted by atomic mass is 10.1. The van der Waals surface area contributed by atoms with Crippen molar-refractivity contribution in [2.75, 3.05) is 0 Å². The zero-order chi connectivity index (χ0) is 15.7. The number of sulfonamides is 1. The van der Waals surface area contributed by atoms with E-state index in [2.05, 4.69) is 0 Å². The Morgan fingerprint density at radius 3 is 2.15 bits per heavy atom. The van der Waals surface area contributed by atoms with E-state index in [4.69, 9.17) is 4.84 Å². The van der Waals surface area contributed by atoms with Gasteiger partial charge in [-0.05, 0) is 51.8 Å². The molecule has 1 aromatic rings. The molecular weight excluding hydrogens is 284 g/mol. The molecule has 0 heterocycles. The van der Waals surface area contributed by atoms with Gasteiger partial charge < -0.3 is 0 Å². The first-order valence-electron chi connectivity index (χ1n) is 5.89. The first-order valence-corrected chi connectivity index (χ1v) is 7.38. The predicted molar refractivity (Wildman–Crippen MR) is 73.7 cm³/mol. The van der Waals surface area contributed by atoms with Crippen LogP contribution in [0.15, 0.2) is 17.0 Å². The lowest BCUT2D eigenvalue weighted by molar-refractivity contribution is -0.387. The summed E-state index contributed by atoms with van der Waals surface area (Å²) >= 11 is 0. The van der Waals surface area contributed by atoms with Crippen LogP contribution in [0.5, 0.6) is 0 Å².